The molecule has 4 rings (SSSR count). The van der Waals surface area contributed by atoms with Crippen molar-refractivity contribution >= 4 is 17.1 Å². The Balaban J connectivity index is 1.17. The monoisotopic (exact) mass is 465 g/mol. The second kappa shape index (κ2) is 11.5. The smallest absolute Gasteiger partial charge is 0.162 e. The minimum absolute atomic E-state index is 0.118. The number of nitrogens with zero attached hydrogens (tertiary/aromatic N) is 3. The summed E-state index contributed by atoms with van der Waals surface area (Å²) < 4.78 is 5.71. The number of hydrogen-bond donors (Lipinski definition) is 1. The zero-order chi connectivity index (χ0) is 23.0. The molecule has 0 bridgehead atoms. The van der Waals surface area contributed by atoms with Gasteiger partial charge in [-0.1, -0.05) is 37.3 Å². The summed E-state index contributed by atoms with van der Waals surface area (Å²) in [6, 6.07) is 17.4. The highest BCUT2D eigenvalue weighted by Gasteiger charge is 2.20. The van der Waals surface area contributed by atoms with E-state index in [-0.39, 0.29) is 12.4 Å². The minimum Gasteiger partial charge on any atom is -0.491 e. The zero-order valence-corrected chi connectivity index (χ0v) is 19.8. The predicted molar refractivity (Wildman–Crippen MR) is 132 cm³/mol. The van der Waals surface area contributed by atoms with Crippen LogP contribution in [-0.2, 0) is 6.54 Å². The molecule has 0 saturated carbocycles. The molecule has 3 aromatic rings. The van der Waals surface area contributed by atoms with E-state index in [1.54, 1.807) is 35.6 Å². The zero-order valence-electron chi connectivity index (χ0n) is 19.0. The van der Waals surface area contributed by atoms with Gasteiger partial charge in [0.1, 0.15) is 23.5 Å². The second-order valence-electron chi connectivity index (χ2n) is 8.35. The van der Waals surface area contributed by atoms with Gasteiger partial charge >= 0.3 is 0 Å². The van der Waals surface area contributed by atoms with Crippen LogP contribution in [0.15, 0.2) is 60.0 Å². The van der Waals surface area contributed by atoms with Crippen molar-refractivity contribution in [3.63, 3.8) is 0 Å². The summed E-state index contributed by atoms with van der Waals surface area (Å²) in [6.07, 6.45) is -0.0644. The highest BCUT2D eigenvalue weighted by atomic mass is 32.1. The maximum Gasteiger partial charge on any atom is 0.162 e. The van der Waals surface area contributed by atoms with Crippen LogP contribution in [0.25, 0.3) is 10.6 Å². The van der Waals surface area contributed by atoms with Crippen LogP contribution in [-0.4, -0.2) is 71.1 Å². The van der Waals surface area contributed by atoms with Crippen LogP contribution in [0.1, 0.15) is 29.4 Å². The fourth-order valence-electron chi connectivity index (χ4n) is 3.94. The van der Waals surface area contributed by atoms with Crippen molar-refractivity contribution in [3.05, 3.63) is 71.2 Å². The first-order valence-corrected chi connectivity index (χ1v) is 12.4. The number of hydrogen-bond acceptors (Lipinski definition) is 7. The number of benzene rings is 2. The van der Waals surface area contributed by atoms with Crippen LogP contribution >= 0.6 is 11.3 Å². The summed E-state index contributed by atoms with van der Waals surface area (Å²) >= 11 is 1.70. The Hall–Kier alpha value is -2.58. The summed E-state index contributed by atoms with van der Waals surface area (Å²) in [5, 5.41) is 13.6. The van der Waals surface area contributed by atoms with Crippen molar-refractivity contribution in [2.24, 2.45) is 0 Å². The Morgan fingerprint density at radius 3 is 2.45 bits per heavy atom. The lowest BCUT2D eigenvalue weighted by molar-refractivity contribution is 0.0444. The first-order valence-electron chi connectivity index (χ1n) is 11.5. The molecule has 1 aliphatic heterocycles. The van der Waals surface area contributed by atoms with Gasteiger partial charge in [-0.25, -0.2) is 4.98 Å². The van der Waals surface area contributed by atoms with Gasteiger partial charge in [-0.2, -0.15) is 0 Å². The van der Waals surface area contributed by atoms with Crippen molar-refractivity contribution in [2.75, 3.05) is 39.3 Å². The molecule has 0 aliphatic carbocycles. The molecule has 174 valence electrons. The number of carbonyl (C=O) groups excluding carboxylic acids is 1. The molecule has 1 unspecified atom stereocenters. The summed E-state index contributed by atoms with van der Waals surface area (Å²) in [7, 11) is 0. The average Bonchev–Trinajstić information content (AvgIpc) is 3.33. The number of aliphatic hydroxyl groups is 1. The van der Waals surface area contributed by atoms with E-state index in [0.717, 1.165) is 43.4 Å². The molecule has 1 aliphatic rings. The summed E-state index contributed by atoms with van der Waals surface area (Å²) in [5.41, 5.74) is 2.98. The van der Waals surface area contributed by atoms with Crippen molar-refractivity contribution in [3.8, 4) is 16.3 Å². The molecule has 0 spiro atoms. The number of carbonyl (C=O) groups is 1. The van der Waals surface area contributed by atoms with Crippen molar-refractivity contribution in [1.29, 1.82) is 0 Å². The molecule has 1 N–H and O–H groups in total. The maximum absolute atomic E-state index is 11.7. The van der Waals surface area contributed by atoms with Crippen molar-refractivity contribution in [2.45, 2.75) is 26.0 Å². The number of aliphatic hydroxyl groups excluding tert-OH is 1. The number of aromatic nitrogens is 1. The number of rotatable bonds is 10. The van der Waals surface area contributed by atoms with Crippen LogP contribution in [0.4, 0.5) is 0 Å². The first kappa shape index (κ1) is 23.6. The van der Waals surface area contributed by atoms with E-state index in [4.69, 9.17) is 9.72 Å². The van der Waals surface area contributed by atoms with Gasteiger partial charge in [0.2, 0.25) is 0 Å². The molecule has 1 fully saturated rings. The van der Waals surface area contributed by atoms with Crippen molar-refractivity contribution in [1.82, 2.24) is 14.8 Å². The Labute approximate surface area is 199 Å². The normalized spacial score (nSPS) is 15.9. The third-order valence-electron chi connectivity index (χ3n) is 5.83. The number of Topliss-reactive ketones (excluding diaryl/α,β-unsaturated/α-hetero) is 1. The van der Waals surface area contributed by atoms with Crippen LogP contribution in [0.5, 0.6) is 5.75 Å². The van der Waals surface area contributed by atoms with Gasteiger partial charge in [0.25, 0.3) is 0 Å². The second-order valence-corrected chi connectivity index (χ2v) is 9.21. The quantitative estimate of drug-likeness (QED) is 0.457. The third-order valence-corrected chi connectivity index (χ3v) is 6.77. The van der Waals surface area contributed by atoms with Gasteiger partial charge in [0, 0.05) is 62.2 Å². The largest absolute Gasteiger partial charge is 0.491 e. The molecule has 1 atom stereocenters. The van der Waals surface area contributed by atoms with Gasteiger partial charge < -0.3 is 9.84 Å². The third kappa shape index (κ3) is 6.71. The summed E-state index contributed by atoms with van der Waals surface area (Å²) in [5.74, 6) is 0.789. The summed E-state index contributed by atoms with van der Waals surface area (Å²) in [6.45, 7) is 7.29. The molecule has 2 aromatic carbocycles. The molecule has 1 saturated heterocycles. The van der Waals surface area contributed by atoms with E-state index in [0.29, 0.717) is 24.3 Å². The van der Waals surface area contributed by atoms with E-state index < -0.39 is 6.10 Å². The Kier molecular flexibility index (Phi) is 8.23. The van der Waals surface area contributed by atoms with E-state index in [2.05, 4.69) is 27.3 Å². The van der Waals surface area contributed by atoms with Crippen LogP contribution in [0, 0.1) is 0 Å². The Bertz CT molecular complexity index is 1010. The van der Waals surface area contributed by atoms with Crippen LogP contribution < -0.4 is 4.74 Å². The molecule has 2 heterocycles. The highest BCUT2D eigenvalue weighted by Crippen LogP contribution is 2.24. The van der Waals surface area contributed by atoms with E-state index in [9.17, 15) is 9.90 Å². The number of ketones is 1. The maximum atomic E-state index is 11.7. The number of β-amino-alcohol motifs (C(OH)–C–C–N with tert-alkyl or cyclic N) is 1. The predicted octanol–water partition coefficient (Wildman–Crippen LogP) is 3.96. The molecule has 33 heavy (non-hydrogen) atoms. The lowest BCUT2D eigenvalue weighted by Crippen LogP contribution is -2.48. The molecule has 1 aromatic heterocycles. The molecule has 7 heteroatoms. The van der Waals surface area contributed by atoms with E-state index in [1.807, 2.05) is 25.1 Å². The van der Waals surface area contributed by atoms with Crippen LogP contribution in [0.3, 0.4) is 0 Å². The fraction of sp³-hybridized carbons (Fsp3) is 0.385. The minimum atomic E-state index is -0.555. The molecular formula is C26H31N3O3S. The van der Waals surface area contributed by atoms with Gasteiger partial charge in [-0.15, -0.1) is 11.3 Å². The summed E-state index contributed by atoms with van der Waals surface area (Å²) in [4.78, 5) is 21.2. The lowest BCUT2D eigenvalue weighted by atomic mass is 10.1. The number of ether oxygens (including phenoxy) is 1. The highest BCUT2D eigenvalue weighted by molar-refractivity contribution is 7.13. The van der Waals surface area contributed by atoms with Crippen LogP contribution in [0.2, 0.25) is 0 Å². The first-order chi connectivity index (χ1) is 16.1. The Morgan fingerprint density at radius 1 is 1.06 bits per heavy atom. The lowest BCUT2D eigenvalue weighted by Gasteiger charge is -2.35. The Morgan fingerprint density at radius 2 is 1.76 bits per heavy atom. The molecule has 6 nitrogen and oxygen atoms in total. The standard InChI is InChI=1S/C26H31N3O3S/c1-2-25(31)20-8-10-24(11-9-20)32-18-23(30)17-29-14-12-28(13-15-29)16-22-19-33-26(27-22)21-6-4-3-5-7-21/h3-11,19,23,30H,2,12-18H2,1H3. The van der Waals surface area contributed by atoms with Crippen molar-refractivity contribution < 1.29 is 14.6 Å². The number of thiazole rings is 1. The van der Waals surface area contributed by atoms with Gasteiger partial charge in [-0.05, 0) is 24.3 Å². The molecule has 0 radical (unpaired) electrons. The SMILES string of the molecule is CCC(=O)c1ccc(OCC(O)CN2CCN(Cc3csc(-c4ccccc4)n3)CC2)cc1. The fourth-order valence-corrected chi connectivity index (χ4v) is 4.75. The van der Waals surface area contributed by atoms with E-state index in [1.165, 1.54) is 5.56 Å². The molecular weight excluding hydrogens is 434 g/mol. The van der Waals surface area contributed by atoms with Gasteiger partial charge in [-0.3, -0.25) is 14.6 Å². The molecule has 0 amide bonds. The van der Waals surface area contributed by atoms with Gasteiger partial charge in [0.05, 0.1) is 5.69 Å². The van der Waals surface area contributed by atoms with Gasteiger partial charge in [0.15, 0.2) is 5.78 Å². The number of piperazine rings is 1. The van der Waals surface area contributed by atoms with E-state index >= 15 is 0 Å². The average molecular weight is 466 g/mol. The topological polar surface area (TPSA) is 65.9 Å².